The Hall–Kier alpha value is -1.66. The summed E-state index contributed by atoms with van der Waals surface area (Å²) in [4.78, 5) is 15.2. The molecule has 1 aromatic rings. The average Bonchev–Trinajstić information content (AvgIpc) is 2.48. The number of rotatable bonds is 6. The summed E-state index contributed by atoms with van der Waals surface area (Å²) in [7, 11) is 3.77. The van der Waals surface area contributed by atoms with Crippen LogP contribution in [0.15, 0.2) is 18.2 Å². The van der Waals surface area contributed by atoms with Gasteiger partial charge in [0.15, 0.2) is 0 Å². The van der Waals surface area contributed by atoms with Crippen molar-refractivity contribution in [2.45, 2.75) is 12.8 Å². The van der Waals surface area contributed by atoms with Crippen molar-refractivity contribution in [2.24, 2.45) is 0 Å². The number of nitrogens with zero attached hydrogens (tertiary/aromatic N) is 3. The first kappa shape index (κ1) is 15.7. The lowest BCUT2D eigenvalue weighted by molar-refractivity contribution is -0.385. The maximum absolute atomic E-state index is 11.2. The van der Waals surface area contributed by atoms with E-state index < -0.39 is 0 Å². The van der Waals surface area contributed by atoms with Gasteiger partial charge in [-0.15, -0.1) is 0 Å². The second-order valence-corrected chi connectivity index (χ2v) is 5.52. The summed E-state index contributed by atoms with van der Waals surface area (Å²) in [6.45, 7) is 4.47. The molecule has 1 aliphatic rings. The van der Waals surface area contributed by atoms with Crippen LogP contribution in [0.25, 0.3) is 0 Å². The van der Waals surface area contributed by atoms with Gasteiger partial charge in [-0.3, -0.25) is 15.0 Å². The van der Waals surface area contributed by atoms with E-state index >= 15 is 0 Å². The molecule has 0 saturated carbocycles. The molecule has 1 aromatic carbocycles. The molecular formula is C15H23N3O3. The molecule has 0 N–H and O–H groups in total. The smallest absolute Gasteiger partial charge is 0.274 e. The zero-order valence-electron chi connectivity index (χ0n) is 12.7. The van der Waals surface area contributed by atoms with E-state index in [9.17, 15) is 10.1 Å². The van der Waals surface area contributed by atoms with Crippen molar-refractivity contribution in [3.63, 3.8) is 0 Å². The van der Waals surface area contributed by atoms with E-state index in [-0.39, 0.29) is 10.6 Å². The lowest BCUT2D eigenvalue weighted by atomic mass is 10.1. The van der Waals surface area contributed by atoms with Gasteiger partial charge in [0.05, 0.1) is 18.1 Å². The number of morpholine rings is 1. The number of nitro benzene ring substituents is 1. The monoisotopic (exact) mass is 293 g/mol. The van der Waals surface area contributed by atoms with Crippen LogP contribution < -0.4 is 4.90 Å². The number of aryl methyl sites for hydroxylation is 1. The standard InChI is InChI=1S/C15H23N3O3/c1-16(2)14-6-5-13(15(12-14)18(19)20)4-3-7-17-8-10-21-11-9-17/h5-6,12H,3-4,7-11H2,1-2H3. The van der Waals surface area contributed by atoms with Gasteiger partial charge in [0.25, 0.3) is 5.69 Å². The number of nitro groups is 1. The van der Waals surface area contributed by atoms with Gasteiger partial charge in [-0.1, -0.05) is 6.07 Å². The summed E-state index contributed by atoms with van der Waals surface area (Å²) in [5.74, 6) is 0. The van der Waals surface area contributed by atoms with E-state index in [1.165, 1.54) is 0 Å². The molecule has 21 heavy (non-hydrogen) atoms. The predicted molar refractivity (Wildman–Crippen MR) is 83.0 cm³/mol. The van der Waals surface area contributed by atoms with E-state index in [1.54, 1.807) is 6.07 Å². The maximum Gasteiger partial charge on any atom is 0.274 e. The number of anilines is 1. The molecular weight excluding hydrogens is 270 g/mol. The minimum absolute atomic E-state index is 0.225. The second kappa shape index (κ2) is 7.38. The fourth-order valence-corrected chi connectivity index (χ4v) is 2.53. The predicted octanol–water partition coefficient (Wildman–Crippen LogP) is 1.93. The summed E-state index contributed by atoms with van der Waals surface area (Å²) in [6.07, 6.45) is 1.67. The van der Waals surface area contributed by atoms with Crippen molar-refractivity contribution in [3.8, 4) is 0 Å². The fraction of sp³-hybridized carbons (Fsp3) is 0.600. The Bertz CT molecular complexity index is 485. The quantitative estimate of drug-likeness (QED) is 0.592. The maximum atomic E-state index is 11.2. The molecule has 1 saturated heterocycles. The first-order valence-electron chi connectivity index (χ1n) is 7.32. The van der Waals surface area contributed by atoms with Crippen LogP contribution >= 0.6 is 0 Å². The summed E-state index contributed by atoms with van der Waals surface area (Å²) in [5.41, 5.74) is 1.90. The van der Waals surface area contributed by atoms with Gasteiger partial charge in [-0.2, -0.15) is 0 Å². The highest BCUT2D eigenvalue weighted by Crippen LogP contribution is 2.25. The third kappa shape index (κ3) is 4.41. The minimum Gasteiger partial charge on any atom is -0.379 e. The molecule has 0 unspecified atom stereocenters. The molecule has 0 aliphatic carbocycles. The molecule has 116 valence electrons. The zero-order valence-corrected chi connectivity index (χ0v) is 12.7. The van der Waals surface area contributed by atoms with Gasteiger partial charge < -0.3 is 9.64 Å². The summed E-state index contributed by atoms with van der Waals surface area (Å²) < 4.78 is 5.31. The SMILES string of the molecule is CN(C)c1ccc(CCCN2CCOCC2)c([N+](=O)[O-])c1. The normalized spacial score (nSPS) is 15.9. The van der Waals surface area contributed by atoms with Crippen molar-refractivity contribution in [3.05, 3.63) is 33.9 Å². The number of hydrogen-bond acceptors (Lipinski definition) is 5. The molecule has 1 fully saturated rings. The first-order valence-corrected chi connectivity index (χ1v) is 7.32. The summed E-state index contributed by atoms with van der Waals surface area (Å²) >= 11 is 0. The molecule has 0 aromatic heterocycles. The average molecular weight is 293 g/mol. The lowest BCUT2D eigenvalue weighted by Crippen LogP contribution is -2.36. The molecule has 2 rings (SSSR count). The number of ether oxygens (including phenoxy) is 1. The lowest BCUT2D eigenvalue weighted by Gasteiger charge is -2.26. The van der Waals surface area contributed by atoms with Crippen LogP contribution in [0.1, 0.15) is 12.0 Å². The van der Waals surface area contributed by atoms with Crippen molar-refractivity contribution >= 4 is 11.4 Å². The zero-order chi connectivity index (χ0) is 15.2. The van der Waals surface area contributed by atoms with Crippen LogP contribution in [0.3, 0.4) is 0 Å². The van der Waals surface area contributed by atoms with Gasteiger partial charge in [0.2, 0.25) is 0 Å². The summed E-state index contributed by atoms with van der Waals surface area (Å²) in [6, 6.07) is 5.48. The summed E-state index contributed by atoms with van der Waals surface area (Å²) in [5, 5.41) is 11.2. The Balaban J connectivity index is 1.96. The highest BCUT2D eigenvalue weighted by molar-refractivity contribution is 5.56. The topological polar surface area (TPSA) is 58.8 Å². The Morgan fingerprint density at radius 1 is 1.33 bits per heavy atom. The largest absolute Gasteiger partial charge is 0.379 e. The van der Waals surface area contributed by atoms with Crippen LogP contribution in [0.2, 0.25) is 0 Å². The van der Waals surface area contributed by atoms with Crippen LogP contribution in [-0.4, -0.2) is 56.8 Å². The molecule has 1 heterocycles. The van der Waals surface area contributed by atoms with E-state index in [1.807, 2.05) is 31.1 Å². The highest BCUT2D eigenvalue weighted by atomic mass is 16.6. The van der Waals surface area contributed by atoms with Gasteiger partial charge in [-0.05, 0) is 25.5 Å². The van der Waals surface area contributed by atoms with Crippen molar-refractivity contribution < 1.29 is 9.66 Å². The van der Waals surface area contributed by atoms with Gasteiger partial charge in [-0.25, -0.2) is 0 Å². The Morgan fingerprint density at radius 2 is 2.05 bits per heavy atom. The fourth-order valence-electron chi connectivity index (χ4n) is 2.53. The molecule has 0 spiro atoms. The van der Waals surface area contributed by atoms with Gasteiger partial charge in [0.1, 0.15) is 0 Å². The molecule has 1 aliphatic heterocycles. The van der Waals surface area contributed by atoms with Crippen LogP contribution in [-0.2, 0) is 11.2 Å². The van der Waals surface area contributed by atoms with Gasteiger partial charge >= 0.3 is 0 Å². The highest BCUT2D eigenvalue weighted by Gasteiger charge is 2.16. The van der Waals surface area contributed by atoms with Crippen LogP contribution in [0.4, 0.5) is 11.4 Å². The third-order valence-electron chi connectivity index (χ3n) is 3.81. The second-order valence-electron chi connectivity index (χ2n) is 5.52. The Labute approximate surface area is 125 Å². The van der Waals surface area contributed by atoms with Gasteiger partial charge in [0, 0.05) is 44.5 Å². The van der Waals surface area contributed by atoms with Crippen molar-refractivity contribution in [1.29, 1.82) is 0 Å². The Morgan fingerprint density at radius 3 is 2.67 bits per heavy atom. The van der Waals surface area contributed by atoms with Crippen molar-refractivity contribution in [1.82, 2.24) is 4.90 Å². The molecule has 0 amide bonds. The van der Waals surface area contributed by atoms with E-state index in [2.05, 4.69) is 4.90 Å². The molecule has 0 radical (unpaired) electrons. The minimum atomic E-state index is -0.281. The van der Waals surface area contributed by atoms with E-state index in [4.69, 9.17) is 4.74 Å². The molecule has 0 bridgehead atoms. The van der Waals surface area contributed by atoms with E-state index in [0.717, 1.165) is 56.9 Å². The number of benzene rings is 1. The van der Waals surface area contributed by atoms with Crippen LogP contribution in [0, 0.1) is 10.1 Å². The van der Waals surface area contributed by atoms with Crippen LogP contribution in [0.5, 0.6) is 0 Å². The van der Waals surface area contributed by atoms with E-state index in [0.29, 0.717) is 0 Å². The van der Waals surface area contributed by atoms with Crippen molar-refractivity contribution in [2.75, 3.05) is 51.8 Å². The third-order valence-corrected chi connectivity index (χ3v) is 3.81. The molecule has 6 heteroatoms. The number of hydrogen-bond donors (Lipinski definition) is 0. The first-order chi connectivity index (χ1) is 10.1. The molecule has 6 nitrogen and oxygen atoms in total. The Kier molecular flexibility index (Phi) is 5.52. The molecule has 0 atom stereocenters.